The largest absolute Gasteiger partial charge is 0.356 e. The van der Waals surface area contributed by atoms with E-state index in [2.05, 4.69) is 20.8 Å². The van der Waals surface area contributed by atoms with E-state index < -0.39 is 10.0 Å². The van der Waals surface area contributed by atoms with Crippen LogP contribution in [0.3, 0.4) is 0 Å². The Morgan fingerprint density at radius 1 is 1.48 bits per heavy atom. The molecule has 2 heterocycles. The predicted molar refractivity (Wildman–Crippen MR) is 74.6 cm³/mol. The number of amides is 1. The summed E-state index contributed by atoms with van der Waals surface area (Å²) in [5, 5.41) is 13.5. The molecule has 1 aliphatic rings. The van der Waals surface area contributed by atoms with Gasteiger partial charge in [0, 0.05) is 26.1 Å². The van der Waals surface area contributed by atoms with Crippen molar-refractivity contribution in [1.29, 1.82) is 0 Å². The van der Waals surface area contributed by atoms with Crippen molar-refractivity contribution in [2.75, 3.05) is 25.9 Å². The van der Waals surface area contributed by atoms with Crippen molar-refractivity contribution in [3.63, 3.8) is 0 Å². The molecule has 1 amide bonds. The number of rotatable bonds is 6. The second-order valence-electron chi connectivity index (χ2n) is 5.26. The molecule has 1 aromatic heterocycles. The third-order valence-electron chi connectivity index (χ3n) is 3.50. The topological polar surface area (TPSA) is 110 Å². The van der Waals surface area contributed by atoms with Gasteiger partial charge in [-0.25, -0.2) is 17.4 Å². The zero-order valence-corrected chi connectivity index (χ0v) is 12.8. The van der Waals surface area contributed by atoms with E-state index in [1.807, 2.05) is 0 Å². The zero-order chi connectivity index (χ0) is 15.3. The molecule has 1 aliphatic heterocycles. The molecule has 10 heteroatoms. The fourth-order valence-electron chi connectivity index (χ4n) is 2.34. The van der Waals surface area contributed by atoms with Crippen molar-refractivity contribution in [1.82, 2.24) is 29.8 Å². The lowest BCUT2D eigenvalue weighted by Crippen LogP contribution is -2.43. The molecule has 0 radical (unpaired) electrons. The Balaban J connectivity index is 1.71. The van der Waals surface area contributed by atoms with Crippen LogP contribution >= 0.6 is 0 Å². The van der Waals surface area contributed by atoms with Crippen LogP contribution in [0.4, 0.5) is 0 Å². The van der Waals surface area contributed by atoms with Crippen LogP contribution in [0.1, 0.15) is 19.3 Å². The minimum Gasteiger partial charge on any atom is -0.356 e. The highest BCUT2D eigenvalue weighted by Gasteiger charge is 2.25. The minimum absolute atomic E-state index is 0.0815. The maximum absolute atomic E-state index is 11.7. The third-order valence-corrected chi connectivity index (χ3v) is 4.77. The summed E-state index contributed by atoms with van der Waals surface area (Å²) in [6, 6.07) is 0. The van der Waals surface area contributed by atoms with E-state index in [0.717, 1.165) is 12.8 Å². The Bertz CT molecular complexity index is 559. The summed E-state index contributed by atoms with van der Waals surface area (Å²) < 4.78 is 26.0. The molecular weight excluding hydrogens is 296 g/mol. The molecule has 0 aliphatic carbocycles. The van der Waals surface area contributed by atoms with Crippen LogP contribution in [-0.4, -0.2) is 64.7 Å². The van der Waals surface area contributed by atoms with Gasteiger partial charge in [0.25, 0.3) is 0 Å². The number of nitrogens with zero attached hydrogens (tertiary/aromatic N) is 5. The fourth-order valence-corrected chi connectivity index (χ4v) is 3.28. The van der Waals surface area contributed by atoms with Crippen LogP contribution in [0.5, 0.6) is 0 Å². The van der Waals surface area contributed by atoms with E-state index in [0.29, 0.717) is 32.6 Å². The number of hydrogen-bond donors (Lipinski definition) is 1. The zero-order valence-electron chi connectivity index (χ0n) is 12.0. The number of carbonyl (C=O) groups excluding carboxylic acids is 1. The van der Waals surface area contributed by atoms with Crippen molar-refractivity contribution >= 4 is 15.9 Å². The molecule has 118 valence electrons. The van der Waals surface area contributed by atoms with Crippen LogP contribution in [0, 0.1) is 5.92 Å². The summed E-state index contributed by atoms with van der Waals surface area (Å²) in [7, 11) is -3.14. The second-order valence-corrected chi connectivity index (χ2v) is 7.24. The lowest BCUT2D eigenvalue weighted by Gasteiger charge is -2.30. The maximum Gasteiger partial charge on any atom is 0.221 e. The fraction of sp³-hybridized carbons (Fsp3) is 0.818. The summed E-state index contributed by atoms with van der Waals surface area (Å²) in [6.07, 6.45) is 4.74. The van der Waals surface area contributed by atoms with Crippen LogP contribution in [0.25, 0.3) is 0 Å². The maximum atomic E-state index is 11.7. The van der Waals surface area contributed by atoms with Crippen molar-refractivity contribution in [3.8, 4) is 0 Å². The van der Waals surface area contributed by atoms with Gasteiger partial charge >= 0.3 is 0 Å². The molecule has 0 saturated carbocycles. The number of carbonyl (C=O) groups is 1. The molecule has 1 unspecified atom stereocenters. The number of sulfonamides is 1. The highest BCUT2D eigenvalue weighted by atomic mass is 32.2. The Morgan fingerprint density at radius 3 is 2.95 bits per heavy atom. The normalized spacial score (nSPS) is 20.3. The molecule has 0 bridgehead atoms. The standard InChI is InChI=1S/C11H20N6O3S/c1-21(19,20)17-5-2-3-10(8-17)7-12-11(18)4-6-16-9-13-14-15-16/h9-10H,2-8H2,1H3,(H,12,18). The lowest BCUT2D eigenvalue weighted by molar-refractivity contribution is -0.121. The first-order chi connectivity index (χ1) is 9.95. The van der Waals surface area contributed by atoms with Crippen molar-refractivity contribution in [2.24, 2.45) is 5.92 Å². The molecule has 1 atom stereocenters. The molecule has 2 rings (SSSR count). The van der Waals surface area contributed by atoms with Gasteiger partial charge in [-0.1, -0.05) is 0 Å². The molecular formula is C11H20N6O3S. The summed E-state index contributed by atoms with van der Waals surface area (Å²) >= 11 is 0. The Kier molecular flexibility index (Phi) is 5.23. The lowest BCUT2D eigenvalue weighted by atomic mass is 10.00. The van der Waals surface area contributed by atoms with Gasteiger partial charge in [-0.05, 0) is 29.2 Å². The van der Waals surface area contributed by atoms with Crippen molar-refractivity contribution < 1.29 is 13.2 Å². The predicted octanol–water partition coefficient (Wildman–Crippen LogP) is -1.15. The molecule has 21 heavy (non-hydrogen) atoms. The minimum atomic E-state index is -3.14. The molecule has 0 aromatic carbocycles. The van der Waals surface area contributed by atoms with E-state index in [1.165, 1.54) is 21.6 Å². The summed E-state index contributed by atoms with van der Waals surface area (Å²) in [5.41, 5.74) is 0. The average Bonchev–Trinajstić information content (AvgIpc) is 2.95. The van der Waals surface area contributed by atoms with E-state index >= 15 is 0 Å². The van der Waals surface area contributed by atoms with Gasteiger partial charge in [0.1, 0.15) is 6.33 Å². The number of nitrogens with one attached hydrogen (secondary N) is 1. The van der Waals surface area contributed by atoms with E-state index in [4.69, 9.17) is 0 Å². The number of tetrazole rings is 1. The number of aryl methyl sites for hydroxylation is 1. The Morgan fingerprint density at radius 2 is 2.29 bits per heavy atom. The smallest absolute Gasteiger partial charge is 0.221 e. The van der Waals surface area contributed by atoms with Crippen molar-refractivity contribution in [2.45, 2.75) is 25.8 Å². The van der Waals surface area contributed by atoms with Gasteiger partial charge in [-0.3, -0.25) is 4.79 Å². The third kappa shape index (κ3) is 5.05. The number of piperidine rings is 1. The highest BCUT2D eigenvalue weighted by Crippen LogP contribution is 2.17. The first-order valence-electron chi connectivity index (χ1n) is 6.88. The van der Waals surface area contributed by atoms with Gasteiger partial charge in [0.05, 0.1) is 12.8 Å². The van der Waals surface area contributed by atoms with Gasteiger partial charge in [-0.2, -0.15) is 0 Å². The van der Waals surface area contributed by atoms with Gasteiger partial charge < -0.3 is 5.32 Å². The van der Waals surface area contributed by atoms with Crippen LogP contribution in [0.2, 0.25) is 0 Å². The Labute approximate surface area is 123 Å². The number of hydrogen-bond acceptors (Lipinski definition) is 6. The van der Waals surface area contributed by atoms with E-state index in [9.17, 15) is 13.2 Å². The molecule has 1 fully saturated rings. The number of aromatic nitrogens is 4. The molecule has 1 saturated heterocycles. The summed E-state index contributed by atoms with van der Waals surface area (Å²) in [5.74, 6) is 0.0902. The average molecular weight is 316 g/mol. The van der Waals surface area contributed by atoms with Gasteiger partial charge in [0.15, 0.2) is 0 Å². The van der Waals surface area contributed by atoms with Crippen molar-refractivity contribution in [3.05, 3.63) is 6.33 Å². The van der Waals surface area contributed by atoms with E-state index in [1.54, 1.807) is 0 Å². The van der Waals surface area contributed by atoms with Crippen LogP contribution < -0.4 is 5.32 Å². The van der Waals surface area contributed by atoms with E-state index in [-0.39, 0.29) is 11.8 Å². The van der Waals surface area contributed by atoms with Crippen LogP contribution in [-0.2, 0) is 21.4 Å². The SMILES string of the molecule is CS(=O)(=O)N1CCCC(CNC(=O)CCn2cnnn2)C1. The highest BCUT2D eigenvalue weighted by molar-refractivity contribution is 7.88. The first-order valence-corrected chi connectivity index (χ1v) is 8.72. The quantitative estimate of drug-likeness (QED) is 0.709. The molecule has 1 N–H and O–H groups in total. The monoisotopic (exact) mass is 316 g/mol. The molecule has 9 nitrogen and oxygen atoms in total. The Hall–Kier alpha value is -1.55. The molecule has 0 spiro atoms. The molecule has 1 aromatic rings. The summed E-state index contributed by atoms with van der Waals surface area (Å²) in [4.78, 5) is 11.7. The first kappa shape index (κ1) is 15.8. The summed E-state index contributed by atoms with van der Waals surface area (Å²) in [6.45, 7) is 1.98. The van der Waals surface area contributed by atoms with Gasteiger partial charge in [0.2, 0.25) is 15.9 Å². The second kappa shape index (κ2) is 6.94. The van der Waals surface area contributed by atoms with Crippen LogP contribution in [0.15, 0.2) is 6.33 Å². The van der Waals surface area contributed by atoms with Gasteiger partial charge in [-0.15, -0.1) is 5.10 Å².